The van der Waals surface area contributed by atoms with Crippen LogP contribution in [0.4, 0.5) is 5.00 Å². The van der Waals surface area contributed by atoms with Crippen molar-refractivity contribution in [2.45, 2.75) is 37.8 Å². The molecule has 1 aliphatic rings. The lowest BCUT2D eigenvalue weighted by Crippen LogP contribution is -2.44. The number of hydrogen-bond acceptors (Lipinski definition) is 5. The molecule has 6 nitrogen and oxygen atoms in total. The molecule has 1 aliphatic carbocycles. The van der Waals surface area contributed by atoms with Crippen LogP contribution in [0.25, 0.3) is 0 Å². The zero-order valence-electron chi connectivity index (χ0n) is 9.67. The molecule has 0 unspecified atom stereocenters. The molecule has 0 saturated heterocycles. The van der Waals surface area contributed by atoms with Gasteiger partial charge in [0.2, 0.25) is 0 Å². The van der Waals surface area contributed by atoms with Gasteiger partial charge in [-0.1, -0.05) is 24.2 Å². The molecule has 2 rings (SSSR count). The van der Waals surface area contributed by atoms with E-state index in [4.69, 9.17) is 0 Å². The summed E-state index contributed by atoms with van der Waals surface area (Å²) in [4.78, 5) is 22.2. The van der Waals surface area contributed by atoms with E-state index in [1.165, 1.54) is 12.1 Å². The maximum atomic E-state index is 11.9. The van der Waals surface area contributed by atoms with E-state index in [0.717, 1.165) is 30.6 Å². The molecule has 0 spiro atoms. The lowest BCUT2D eigenvalue weighted by atomic mass is 9.92. The van der Waals surface area contributed by atoms with E-state index in [1.54, 1.807) is 0 Å². The van der Waals surface area contributed by atoms with Crippen LogP contribution in [0.3, 0.4) is 0 Å². The number of rotatable bonds is 3. The molecule has 1 heterocycles. The molecule has 2 atom stereocenters. The predicted molar refractivity (Wildman–Crippen MR) is 66.7 cm³/mol. The molecule has 18 heavy (non-hydrogen) atoms. The highest BCUT2D eigenvalue weighted by Gasteiger charge is 2.25. The Morgan fingerprint density at radius 2 is 2.17 bits per heavy atom. The van der Waals surface area contributed by atoms with Gasteiger partial charge in [-0.3, -0.25) is 14.9 Å². The van der Waals surface area contributed by atoms with Crippen LogP contribution in [0.5, 0.6) is 0 Å². The second kappa shape index (κ2) is 5.45. The Morgan fingerprint density at radius 1 is 1.44 bits per heavy atom. The number of nitrogens with zero attached hydrogens (tertiary/aromatic N) is 1. The number of aliphatic hydroxyl groups is 1. The summed E-state index contributed by atoms with van der Waals surface area (Å²) in [6.45, 7) is 0. The fourth-order valence-electron chi connectivity index (χ4n) is 2.07. The first-order valence-corrected chi connectivity index (χ1v) is 6.63. The quantitative estimate of drug-likeness (QED) is 0.645. The number of carbonyl (C=O) groups is 1. The number of aliphatic hydroxyl groups excluding tert-OH is 1. The van der Waals surface area contributed by atoms with Gasteiger partial charge in [-0.05, 0) is 18.9 Å². The third-order valence-electron chi connectivity index (χ3n) is 3.04. The normalized spacial score (nSPS) is 23.6. The number of carbonyl (C=O) groups excluding carboxylic acids is 1. The smallest absolute Gasteiger partial charge is 0.324 e. The number of nitro groups is 1. The first-order valence-electron chi connectivity index (χ1n) is 5.81. The Kier molecular flexibility index (Phi) is 3.93. The highest BCUT2D eigenvalue weighted by molar-refractivity contribution is 7.17. The lowest BCUT2D eigenvalue weighted by molar-refractivity contribution is -0.380. The van der Waals surface area contributed by atoms with Gasteiger partial charge in [-0.25, -0.2) is 0 Å². The average molecular weight is 270 g/mol. The molecule has 1 amide bonds. The van der Waals surface area contributed by atoms with Gasteiger partial charge in [-0.15, -0.1) is 0 Å². The largest absolute Gasteiger partial charge is 0.391 e. The monoisotopic (exact) mass is 270 g/mol. The summed E-state index contributed by atoms with van der Waals surface area (Å²) in [7, 11) is 0. The Bertz CT molecular complexity index is 460. The van der Waals surface area contributed by atoms with E-state index >= 15 is 0 Å². The maximum absolute atomic E-state index is 11.9. The van der Waals surface area contributed by atoms with Gasteiger partial charge in [0.1, 0.15) is 0 Å². The molecular weight excluding hydrogens is 256 g/mol. The van der Waals surface area contributed by atoms with Gasteiger partial charge in [0.15, 0.2) is 0 Å². The summed E-state index contributed by atoms with van der Waals surface area (Å²) in [5, 5.41) is 22.9. The van der Waals surface area contributed by atoms with Crippen LogP contribution in [0.2, 0.25) is 0 Å². The van der Waals surface area contributed by atoms with Crippen molar-refractivity contribution in [3.05, 3.63) is 27.1 Å². The average Bonchev–Trinajstić information content (AvgIpc) is 2.81. The van der Waals surface area contributed by atoms with Crippen LogP contribution in [0, 0.1) is 10.1 Å². The summed E-state index contributed by atoms with van der Waals surface area (Å²) in [6.07, 6.45) is 2.87. The highest BCUT2D eigenvalue weighted by Crippen LogP contribution is 2.25. The topological polar surface area (TPSA) is 92.5 Å². The molecule has 98 valence electrons. The highest BCUT2D eigenvalue weighted by atomic mass is 32.1. The number of nitrogens with one attached hydrogen (secondary N) is 1. The fraction of sp³-hybridized carbons (Fsp3) is 0.545. The van der Waals surface area contributed by atoms with E-state index < -0.39 is 11.0 Å². The van der Waals surface area contributed by atoms with Gasteiger partial charge in [0, 0.05) is 6.07 Å². The molecule has 0 aliphatic heterocycles. The summed E-state index contributed by atoms with van der Waals surface area (Å²) >= 11 is 0.846. The van der Waals surface area contributed by atoms with Crippen LogP contribution in [-0.2, 0) is 0 Å². The number of thiophene rings is 1. The number of amides is 1. The van der Waals surface area contributed by atoms with Crippen LogP contribution >= 0.6 is 11.3 Å². The van der Waals surface area contributed by atoms with Gasteiger partial charge < -0.3 is 10.4 Å². The minimum atomic E-state index is -0.517. The van der Waals surface area contributed by atoms with Gasteiger partial charge in [0.05, 0.1) is 21.9 Å². The van der Waals surface area contributed by atoms with Crippen LogP contribution in [-0.4, -0.2) is 28.1 Å². The molecule has 1 saturated carbocycles. The molecule has 1 aromatic heterocycles. The zero-order valence-corrected chi connectivity index (χ0v) is 10.5. The van der Waals surface area contributed by atoms with Crippen molar-refractivity contribution in [1.82, 2.24) is 5.32 Å². The van der Waals surface area contributed by atoms with Crippen LogP contribution in [0.15, 0.2) is 12.1 Å². The van der Waals surface area contributed by atoms with Gasteiger partial charge >= 0.3 is 5.00 Å². The SMILES string of the molecule is O=C(N[C@@H]1CCCC[C@H]1O)c1ccc([N+](=O)[O-])s1. The molecule has 7 heteroatoms. The van der Waals surface area contributed by atoms with Gasteiger partial charge in [-0.2, -0.15) is 0 Å². The van der Waals surface area contributed by atoms with Crippen LogP contribution in [0.1, 0.15) is 35.4 Å². The summed E-state index contributed by atoms with van der Waals surface area (Å²) in [5.74, 6) is -0.348. The third kappa shape index (κ3) is 2.85. The molecule has 0 aromatic carbocycles. The van der Waals surface area contributed by atoms with Crippen molar-refractivity contribution in [3.63, 3.8) is 0 Å². The fourth-order valence-corrected chi connectivity index (χ4v) is 2.79. The van der Waals surface area contributed by atoms with Crippen LogP contribution < -0.4 is 5.32 Å². The number of hydrogen-bond donors (Lipinski definition) is 2. The maximum Gasteiger partial charge on any atom is 0.324 e. The molecule has 0 radical (unpaired) electrons. The Hall–Kier alpha value is -1.47. The van der Waals surface area contributed by atoms with Crippen molar-refractivity contribution >= 4 is 22.2 Å². The van der Waals surface area contributed by atoms with Crippen molar-refractivity contribution < 1.29 is 14.8 Å². The van der Waals surface area contributed by atoms with Crippen molar-refractivity contribution in [3.8, 4) is 0 Å². The summed E-state index contributed by atoms with van der Waals surface area (Å²) in [6, 6.07) is 2.51. The van der Waals surface area contributed by atoms with E-state index in [2.05, 4.69) is 5.32 Å². The van der Waals surface area contributed by atoms with Crippen molar-refractivity contribution in [1.29, 1.82) is 0 Å². The Labute approximate surface area is 108 Å². The van der Waals surface area contributed by atoms with E-state index in [9.17, 15) is 20.0 Å². The molecule has 0 bridgehead atoms. The van der Waals surface area contributed by atoms with E-state index in [-0.39, 0.29) is 17.0 Å². The van der Waals surface area contributed by atoms with E-state index in [0.29, 0.717) is 11.3 Å². The standard InChI is InChI=1S/C11H14N2O4S/c14-8-4-2-1-3-7(8)12-11(15)9-5-6-10(18-9)13(16)17/h5-8,14H,1-4H2,(H,12,15)/t7-,8-/m1/s1. The minimum Gasteiger partial charge on any atom is -0.391 e. The summed E-state index contributed by atoms with van der Waals surface area (Å²) < 4.78 is 0. The minimum absolute atomic E-state index is 0.0515. The Balaban J connectivity index is 2.00. The van der Waals surface area contributed by atoms with Gasteiger partial charge in [0.25, 0.3) is 5.91 Å². The Morgan fingerprint density at radius 3 is 2.78 bits per heavy atom. The van der Waals surface area contributed by atoms with Crippen molar-refractivity contribution in [2.75, 3.05) is 0 Å². The lowest BCUT2D eigenvalue weighted by Gasteiger charge is -2.28. The third-order valence-corrected chi connectivity index (χ3v) is 4.08. The molecule has 1 fully saturated rings. The zero-order chi connectivity index (χ0) is 13.1. The summed E-state index contributed by atoms with van der Waals surface area (Å²) in [5.41, 5.74) is 0. The molecular formula is C11H14N2O4S. The van der Waals surface area contributed by atoms with E-state index in [1.807, 2.05) is 0 Å². The second-order valence-electron chi connectivity index (χ2n) is 4.33. The van der Waals surface area contributed by atoms with Crippen molar-refractivity contribution in [2.24, 2.45) is 0 Å². The molecule has 1 aromatic rings. The first-order chi connectivity index (χ1) is 8.58. The predicted octanol–water partition coefficient (Wildman–Crippen LogP) is 1.69. The second-order valence-corrected chi connectivity index (χ2v) is 5.39. The molecule has 2 N–H and O–H groups in total. The first kappa shape index (κ1) is 13.0.